The van der Waals surface area contributed by atoms with E-state index in [0.717, 1.165) is 30.7 Å². The Morgan fingerprint density at radius 2 is 2.08 bits per heavy atom. The molecule has 2 atom stereocenters. The van der Waals surface area contributed by atoms with Crippen molar-refractivity contribution in [3.8, 4) is 5.75 Å². The van der Waals surface area contributed by atoms with Crippen LogP contribution in [-0.2, 0) is 6.54 Å². The lowest BCUT2D eigenvalue weighted by molar-refractivity contribution is 0.1000. The van der Waals surface area contributed by atoms with Gasteiger partial charge in [0.25, 0.3) is 0 Å². The minimum absolute atomic E-state index is 0.278. The summed E-state index contributed by atoms with van der Waals surface area (Å²) in [6.45, 7) is 1.65. The summed E-state index contributed by atoms with van der Waals surface area (Å²) in [6.07, 6.45) is 2.24. The van der Waals surface area contributed by atoms with Gasteiger partial charge in [0.1, 0.15) is 5.75 Å². The van der Waals surface area contributed by atoms with Crippen LogP contribution in [0.3, 0.4) is 0 Å². The van der Waals surface area contributed by atoms with E-state index < -0.39 is 5.91 Å². The van der Waals surface area contributed by atoms with Crippen molar-refractivity contribution in [2.75, 3.05) is 13.7 Å². The Bertz CT molecular complexity index is 718. The van der Waals surface area contributed by atoms with Gasteiger partial charge in [0.2, 0.25) is 5.91 Å². The summed E-state index contributed by atoms with van der Waals surface area (Å²) in [5.41, 5.74) is 8.13. The first kappa shape index (κ1) is 17.5. The molecule has 1 saturated heterocycles. The largest absolute Gasteiger partial charge is 0.496 e. The average molecular weight is 339 g/mol. The van der Waals surface area contributed by atoms with Gasteiger partial charge in [0, 0.05) is 29.8 Å². The number of carbonyl (C=O) groups is 1. The van der Waals surface area contributed by atoms with Gasteiger partial charge >= 0.3 is 0 Å². The predicted molar refractivity (Wildman–Crippen MR) is 98.6 cm³/mol. The molecule has 132 valence electrons. The number of ether oxygens (including phenoxy) is 1. The van der Waals surface area contributed by atoms with Crippen LogP contribution >= 0.6 is 0 Å². The number of methoxy groups -OCH3 is 1. The topological polar surface area (TPSA) is 76.4 Å². The maximum Gasteiger partial charge on any atom is 0.248 e. The van der Waals surface area contributed by atoms with Gasteiger partial charge in [0.05, 0.1) is 7.11 Å². The molecular weight excluding hydrogens is 314 g/mol. The lowest BCUT2D eigenvalue weighted by Crippen LogP contribution is -2.45. The van der Waals surface area contributed by atoms with Crippen LogP contribution in [-0.4, -0.2) is 25.6 Å². The second-order valence-electron chi connectivity index (χ2n) is 6.36. The summed E-state index contributed by atoms with van der Waals surface area (Å²) in [6, 6.07) is 16.4. The van der Waals surface area contributed by atoms with Gasteiger partial charge in [0.15, 0.2) is 0 Å². The van der Waals surface area contributed by atoms with E-state index in [1.54, 1.807) is 19.2 Å². The summed E-state index contributed by atoms with van der Waals surface area (Å²) in [5, 5.41) is 7.24. The van der Waals surface area contributed by atoms with Crippen LogP contribution in [0.15, 0.2) is 48.5 Å². The van der Waals surface area contributed by atoms with Crippen molar-refractivity contribution in [2.24, 2.45) is 5.73 Å². The molecule has 4 N–H and O–H groups in total. The fourth-order valence-corrected chi connectivity index (χ4v) is 3.43. The van der Waals surface area contributed by atoms with Gasteiger partial charge in [-0.05, 0) is 43.1 Å². The van der Waals surface area contributed by atoms with Crippen LogP contribution in [0.25, 0.3) is 0 Å². The fraction of sp³-hybridized carbons (Fsp3) is 0.350. The number of amides is 1. The molecule has 0 spiro atoms. The Morgan fingerprint density at radius 1 is 1.28 bits per heavy atom. The highest BCUT2D eigenvalue weighted by Gasteiger charge is 2.25. The Labute approximate surface area is 148 Å². The number of nitrogens with two attached hydrogens (primary N) is 1. The molecule has 1 aliphatic rings. The van der Waals surface area contributed by atoms with Crippen LogP contribution in [0.4, 0.5) is 0 Å². The van der Waals surface area contributed by atoms with Gasteiger partial charge in [-0.1, -0.05) is 30.3 Å². The maximum absolute atomic E-state index is 11.4. The van der Waals surface area contributed by atoms with Crippen molar-refractivity contribution in [3.63, 3.8) is 0 Å². The number of hydrogen-bond donors (Lipinski definition) is 3. The summed E-state index contributed by atoms with van der Waals surface area (Å²) in [5.74, 6) is 0.336. The van der Waals surface area contributed by atoms with E-state index in [0.29, 0.717) is 18.2 Å². The third-order valence-electron chi connectivity index (χ3n) is 4.74. The SMILES string of the molecule is COc1ccc(C(N)=O)cc1CN[C@H]1CCCN[C@H]1c1ccccc1. The zero-order valence-corrected chi connectivity index (χ0v) is 14.5. The summed E-state index contributed by atoms with van der Waals surface area (Å²) >= 11 is 0. The van der Waals surface area contributed by atoms with E-state index in [-0.39, 0.29) is 6.04 Å². The minimum atomic E-state index is -0.426. The van der Waals surface area contributed by atoms with Crippen LogP contribution in [0.5, 0.6) is 5.75 Å². The Balaban J connectivity index is 1.75. The van der Waals surface area contributed by atoms with E-state index in [2.05, 4.69) is 34.9 Å². The highest BCUT2D eigenvalue weighted by atomic mass is 16.5. The molecule has 0 unspecified atom stereocenters. The van der Waals surface area contributed by atoms with Crippen molar-refractivity contribution in [2.45, 2.75) is 31.5 Å². The molecule has 0 aliphatic carbocycles. The maximum atomic E-state index is 11.4. The second-order valence-corrected chi connectivity index (χ2v) is 6.36. The van der Waals surface area contributed by atoms with Crippen molar-refractivity contribution in [1.82, 2.24) is 10.6 Å². The van der Waals surface area contributed by atoms with Crippen LogP contribution in [0.1, 0.15) is 40.4 Å². The van der Waals surface area contributed by atoms with Crippen molar-refractivity contribution in [1.29, 1.82) is 0 Å². The standard InChI is InChI=1S/C20H25N3O2/c1-25-18-10-9-15(20(21)24)12-16(18)13-23-17-8-5-11-22-19(17)14-6-3-2-4-7-14/h2-4,6-7,9-10,12,17,19,22-23H,5,8,11,13H2,1H3,(H2,21,24)/t17-,19-/m0/s1. The molecule has 0 bridgehead atoms. The van der Waals surface area contributed by atoms with Crippen LogP contribution in [0.2, 0.25) is 0 Å². The van der Waals surface area contributed by atoms with Crippen molar-refractivity contribution < 1.29 is 9.53 Å². The molecule has 0 saturated carbocycles. The summed E-state index contributed by atoms with van der Waals surface area (Å²) in [4.78, 5) is 11.4. The van der Waals surface area contributed by atoms with E-state index in [1.807, 2.05) is 12.1 Å². The molecule has 1 amide bonds. The van der Waals surface area contributed by atoms with Gasteiger partial charge in [-0.3, -0.25) is 4.79 Å². The van der Waals surface area contributed by atoms with Gasteiger partial charge in [-0.2, -0.15) is 0 Å². The smallest absolute Gasteiger partial charge is 0.248 e. The van der Waals surface area contributed by atoms with E-state index in [4.69, 9.17) is 10.5 Å². The molecule has 1 fully saturated rings. The lowest BCUT2D eigenvalue weighted by Gasteiger charge is -2.34. The molecule has 5 heteroatoms. The first-order valence-corrected chi connectivity index (χ1v) is 8.67. The van der Waals surface area contributed by atoms with Gasteiger partial charge in [-0.15, -0.1) is 0 Å². The van der Waals surface area contributed by atoms with Crippen LogP contribution < -0.4 is 21.1 Å². The zero-order valence-electron chi connectivity index (χ0n) is 14.5. The first-order valence-electron chi connectivity index (χ1n) is 8.67. The minimum Gasteiger partial charge on any atom is -0.496 e. The highest BCUT2D eigenvalue weighted by molar-refractivity contribution is 5.93. The molecule has 5 nitrogen and oxygen atoms in total. The van der Waals surface area contributed by atoms with Crippen LogP contribution in [0, 0.1) is 0 Å². The molecule has 25 heavy (non-hydrogen) atoms. The first-order chi connectivity index (χ1) is 12.2. The molecule has 2 aromatic carbocycles. The fourth-order valence-electron chi connectivity index (χ4n) is 3.43. The number of benzene rings is 2. The monoisotopic (exact) mass is 339 g/mol. The molecule has 1 heterocycles. The lowest BCUT2D eigenvalue weighted by atomic mass is 9.92. The average Bonchev–Trinajstić information content (AvgIpc) is 2.67. The number of nitrogens with one attached hydrogen (secondary N) is 2. The summed E-state index contributed by atoms with van der Waals surface area (Å²) < 4.78 is 5.42. The van der Waals surface area contributed by atoms with E-state index in [9.17, 15) is 4.79 Å². The third-order valence-corrected chi connectivity index (χ3v) is 4.74. The van der Waals surface area contributed by atoms with E-state index in [1.165, 1.54) is 5.56 Å². The van der Waals surface area contributed by atoms with Crippen molar-refractivity contribution >= 4 is 5.91 Å². The summed E-state index contributed by atoms with van der Waals surface area (Å²) in [7, 11) is 1.64. The number of primary amides is 1. The van der Waals surface area contributed by atoms with E-state index >= 15 is 0 Å². The second kappa shape index (κ2) is 8.14. The number of carbonyl (C=O) groups excluding carboxylic acids is 1. The predicted octanol–water partition coefficient (Wildman–Crippen LogP) is 2.38. The van der Waals surface area contributed by atoms with Crippen molar-refractivity contribution in [3.05, 3.63) is 65.2 Å². The molecule has 2 aromatic rings. The highest BCUT2D eigenvalue weighted by Crippen LogP contribution is 2.25. The third kappa shape index (κ3) is 4.18. The number of hydrogen-bond acceptors (Lipinski definition) is 4. The quantitative estimate of drug-likeness (QED) is 0.755. The normalized spacial score (nSPS) is 20.2. The molecule has 1 aliphatic heterocycles. The number of piperidine rings is 1. The molecule has 3 rings (SSSR count). The van der Waals surface area contributed by atoms with Gasteiger partial charge in [-0.25, -0.2) is 0 Å². The van der Waals surface area contributed by atoms with Gasteiger partial charge < -0.3 is 21.1 Å². The molecular formula is C20H25N3O2. The Hall–Kier alpha value is -2.37. The number of rotatable bonds is 6. The zero-order chi connectivity index (χ0) is 17.6. The molecule has 0 radical (unpaired) electrons. The molecule has 0 aromatic heterocycles. The Morgan fingerprint density at radius 3 is 2.80 bits per heavy atom. The Kier molecular flexibility index (Phi) is 5.68.